The Hall–Kier alpha value is 1.21. The number of carbonyl (C=O) groups is 3. The molecule has 1 atom stereocenters. The Kier molecular flexibility index (Phi) is 116. The van der Waals surface area contributed by atoms with Gasteiger partial charge in [0.15, 0.2) is 6.29 Å². The maximum atomic E-state index is 9.87. The average molecular weight is 392 g/mol. The molecule has 0 rings (SSSR count). The summed E-state index contributed by atoms with van der Waals surface area (Å²) in [6, 6.07) is 0. The summed E-state index contributed by atoms with van der Waals surface area (Å²) in [5, 5.41) is 23.1. The largest absolute Gasteiger partial charge is 1.00 e. The SMILES string of the molecule is CC(=O)O.CC(=O)O.CC(=O)OC(C)O.NCCN.O.O.[H-].[H-].[H-].[Na+].[Na+].[Na+]. The fourth-order valence-electron chi connectivity index (χ4n) is 0.240. The summed E-state index contributed by atoms with van der Waals surface area (Å²) < 4.78 is 4.17. The van der Waals surface area contributed by atoms with Gasteiger partial charge in [-0.05, 0) is 6.92 Å². The van der Waals surface area contributed by atoms with Gasteiger partial charge in [-0.1, -0.05) is 0 Å². The minimum absolute atomic E-state index is 0. The Bertz CT molecular complexity index is 239. The molecule has 0 aromatic carbocycles. The third kappa shape index (κ3) is 297. The Morgan fingerprint density at radius 3 is 1.08 bits per heavy atom. The maximum absolute atomic E-state index is 9.87. The van der Waals surface area contributed by atoms with Gasteiger partial charge < -0.3 is 46.8 Å². The van der Waals surface area contributed by atoms with Gasteiger partial charge in [-0.2, -0.15) is 0 Å². The van der Waals surface area contributed by atoms with Crippen molar-refractivity contribution < 1.29 is 138 Å². The fourth-order valence-corrected chi connectivity index (χ4v) is 0.240. The smallest absolute Gasteiger partial charge is 1.00 e. The molecule has 0 heterocycles. The van der Waals surface area contributed by atoms with Crippen LogP contribution >= 0.6 is 0 Å². The van der Waals surface area contributed by atoms with Crippen molar-refractivity contribution in [3.63, 3.8) is 0 Å². The van der Waals surface area contributed by atoms with Gasteiger partial charge in [0.05, 0.1) is 0 Å². The van der Waals surface area contributed by atoms with Crippen LogP contribution < -0.4 is 100 Å². The van der Waals surface area contributed by atoms with Crippen molar-refractivity contribution in [1.82, 2.24) is 0 Å². The predicted octanol–water partition coefficient (Wildman–Crippen LogP) is -11.3. The molecular weight excluding hydrogens is 361 g/mol. The van der Waals surface area contributed by atoms with Crippen LogP contribution in [0.25, 0.3) is 0 Å². The monoisotopic (exact) mass is 392 g/mol. The number of aliphatic hydroxyl groups is 1. The molecule has 0 aromatic heterocycles. The zero-order chi connectivity index (χ0) is 16.4. The molecular formula is C10H31N2Na3O9. The van der Waals surface area contributed by atoms with Gasteiger partial charge in [-0.15, -0.1) is 0 Å². The molecule has 0 aromatic rings. The third-order valence-electron chi connectivity index (χ3n) is 0.503. The van der Waals surface area contributed by atoms with E-state index in [9.17, 15) is 4.79 Å². The molecule has 0 bridgehead atoms. The molecule has 0 aliphatic carbocycles. The topological polar surface area (TPSA) is 236 Å². The number of nitrogens with two attached hydrogens (primary N) is 2. The average Bonchev–Trinajstić information content (AvgIpc) is 2.14. The molecule has 24 heavy (non-hydrogen) atoms. The van der Waals surface area contributed by atoms with Crippen molar-refractivity contribution in [3.05, 3.63) is 0 Å². The number of ether oxygens (including phenoxy) is 1. The fraction of sp³-hybridized carbons (Fsp3) is 0.700. The molecule has 0 saturated heterocycles. The van der Waals surface area contributed by atoms with Crippen LogP contribution in [-0.2, 0) is 19.1 Å². The zero-order valence-electron chi connectivity index (χ0n) is 18.6. The number of aliphatic hydroxyl groups excluding tert-OH is 1. The third-order valence-corrected chi connectivity index (χ3v) is 0.503. The summed E-state index contributed by atoms with van der Waals surface area (Å²) in [5.74, 6) is -2.13. The van der Waals surface area contributed by atoms with Gasteiger partial charge >= 0.3 is 94.6 Å². The number of esters is 1. The van der Waals surface area contributed by atoms with E-state index in [0.29, 0.717) is 13.1 Å². The van der Waals surface area contributed by atoms with Crippen molar-refractivity contribution in [1.29, 1.82) is 0 Å². The molecule has 0 aliphatic heterocycles. The van der Waals surface area contributed by atoms with Gasteiger partial charge in [0.1, 0.15) is 0 Å². The summed E-state index contributed by atoms with van der Waals surface area (Å²) in [5.41, 5.74) is 9.81. The molecule has 138 valence electrons. The second-order valence-electron chi connectivity index (χ2n) is 2.82. The van der Waals surface area contributed by atoms with Gasteiger partial charge in [-0.3, -0.25) is 14.4 Å². The van der Waals surface area contributed by atoms with Gasteiger partial charge in [0.25, 0.3) is 11.9 Å². The van der Waals surface area contributed by atoms with Crippen LogP contribution in [0.5, 0.6) is 0 Å². The van der Waals surface area contributed by atoms with Crippen LogP contribution in [0.1, 0.15) is 32.0 Å². The quantitative estimate of drug-likeness (QED) is 0.170. The Morgan fingerprint density at radius 2 is 1.08 bits per heavy atom. The first-order valence-corrected chi connectivity index (χ1v) is 5.15. The normalized spacial score (nSPS) is 7.12. The van der Waals surface area contributed by atoms with Crippen molar-refractivity contribution >= 4 is 17.9 Å². The van der Waals surface area contributed by atoms with Gasteiger partial charge in [0, 0.05) is 33.9 Å². The van der Waals surface area contributed by atoms with E-state index in [2.05, 4.69) is 4.74 Å². The van der Waals surface area contributed by atoms with E-state index in [1.807, 2.05) is 0 Å². The molecule has 11 nitrogen and oxygen atoms in total. The molecule has 0 fully saturated rings. The van der Waals surface area contributed by atoms with Crippen LogP contribution in [0.4, 0.5) is 0 Å². The van der Waals surface area contributed by atoms with Crippen LogP contribution in [0.2, 0.25) is 0 Å². The summed E-state index contributed by atoms with van der Waals surface area (Å²) >= 11 is 0. The molecule has 0 saturated carbocycles. The molecule has 1 unspecified atom stereocenters. The summed E-state index contributed by atoms with van der Waals surface area (Å²) in [6.45, 7) is 5.98. The van der Waals surface area contributed by atoms with E-state index in [0.717, 1.165) is 13.8 Å². The molecule has 0 aliphatic rings. The first-order valence-electron chi connectivity index (χ1n) is 5.15. The number of rotatable bonds is 2. The molecule has 0 radical (unpaired) electrons. The summed E-state index contributed by atoms with van der Waals surface area (Å²) in [6.07, 6.45) is -0.975. The van der Waals surface area contributed by atoms with E-state index in [1.165, 1.54) is 13.8 Å². The number of hydrogen-bond donors (Lipinski definition) is 5. The maximum Gasteiger partial charge on any atom is 1.00 e. The number of carboxylic acid groups (broad SMARTS) is 2. The second-order valence-corrected chi connectivity index (χ2v) is 2.82. The molecule has 0 spiro atoms. The molecule has 0 amide bonds. The van der Waals surface area contributed by atoms with Crippen LogP contribution in [-0.4, -0.2) is 63.6 Å². The van der Waals surface area contributed by atoms with Crippen molar-refractivity contribution in [2.75, 3.05) is 13.1 Å². The predicted molar refractivity (Wildman–Crippen MR) is 78.7 cm³/mol. The molecule has 11 N–H and O–H groups in total. The second kappa shape index (κ2) is 49.6. The first-order chi connectivity index (χ1) is 8.50. The standard InChI is InChI=1S/C4H8O3.C2H8N2.2C2H4O2.3Na.2H2O.3H/c1-3(5)7-4(2)6;3-1-2-4;2*1-2(3)4;;;;;;;;/h3,5H,1-2H3;1-4H2;2*1H3,(H,3,4);;;;2*1H2;;;/q;;;;3*+1;;;3*-1. The van der Waals surface area contributed by atoms with E-state index < -0.39 is 24.2 Å². The zero-order valence-corrected chi connectivity index (χ0v) is 21.6. The molecule has 14 heteroatoms. The number of hydrogen-bond acceptors (Lipinski definition) is 7. The van der Waals surface area contributed by atoms with Crippen LogP contribution in [0.15, 0.2) is 0 Å². The minimum atomic E-state index is -0.975. The number of carboxylic acids is 2. The van der Waals surface area contributed by atoms with Crippen molar-refractivity contribution in [3.8, 4) is 0 Å². The summed E-state index contributed by atoms with van der Waals surface area (Å²) in [4.78, 5) is 27.9. The summed E-state index contributed by atoms with van der Waals surface area (Å²) in [7, 11) is 0. The Labute approximate surface area is 212 Å². The minimum Gasteiger partial charge on any atom is -1.00 e. The van der Waals surface area contributed by atoms with Gasteiger partial charge in [0.2, 0.25) is 0 Å². The van der Waals surface area contributed by atoms with E-state index in [4.69, 9.17) is 36.4 Å². The van der Waals surface area contributed by atoms with E-state index in [1.54, 1.807) is 0 Å². The first kappa shape index (κ1) is 56.2. The van der Waals surface area contributed by atoms with Crippen molar-refractivity contribution in [2.24, 2.45) is 11.5 Å². The van der Waals surface area contributed by atoms with Crippen molar-refractivity contribution in [2.45, 2.75) is 34.0 Å². The van der Waals surface area contributed by atoms with E-state index >= 15 is 0 Å². The Morgan fingerprint density at radius 1 is 0.917 bits per heavy atom. The number of aliphatic carboxylic acids is 2. The number of carbonyl (C=O) groups excluding carboxylic acids is 1. The Balaban J connectivity index is -0.0000000104. The van der Waals surface area contributed by atoms with E-state index in [-0.39, 0.29) is 104 Å². The van der Waals surface area contributed by atoms with Gasteiger partial charge in [-0.25, -0.2) is 0 Å². The van der Waals surface area contributed by atoms with Crippen LogP contribution in [0.3, 0.4) is 0 Å². The van der Waals surface area contributed by atoms with Crippen LogP contribution in [0, 0.1) is 0 Å².